The van der Waals surface area contributed by atoms with Crippen LogP contribution in [0.15, 0.2) is 6.20 Å². The molecular formula is C4H4FIN2. The molecule has 1 aromatic rings. The van der Waals surface area contributed by atoms with Crippen LogP contribution in [-0.4, -0.2) is 9.78 Å². The molecule has 0 unspecified atom stereocenters. The summed E-state index contributed by atoms with van der Waals surface area (Å²) in [5.41, 5.74) is 0. The SMILES string of the molecule is Cn1ncc(F)c1I. The van der Waals surface area contributed by atoms with Crippen molar-refractivity contribution in [1.82, 2.24) is 9.78 Å². The largest absolute Gasteiger partial charge is 0.259 e. The van der Waals surface area contributed by atoms with Crippen molar-refractivity contribution in [2.75, 3.05) is 0 Å². The summed E-state index contributed by atoms with van der Waals surface area (Å²) in [7, 11) is 1.70. The van der Waals surface area contributed by atoms with E-state index in [2.05, 4.69) is 5.10 Å². The Labute approximate surface area is 59.8 Å². The second-order valence-corrected chi connectivity index (χ2v) is 2.43. The predicted octanol–water partition coefficient (Wildman–Crippen LogP) is 1.16. The van der Waals surface area contributed by atoms with Gasteiger partial charge in [0.15, 0.2) is 5.82 Å². The molecule has 0 saturated carbocycles. The van der Waals surface area contributed by atoms with Gasteiger partial charge >= 0.3 is 0 Å². The second-order valence-electron chi connectivity index (χ2n) is 1.41. The molecular weight excluding hydrogens is 222 g/mol. The molecule has 0 amide bonds. The summed E-state index contributed by atoms with van der Waals surface area (Å²) in [6.45, 7) is 0. The third-order valence-corrected chi connectivity index (χ3v) is 2.04. The summed E-state index contributed by atoms with van der Waals surface area (Å²) in [5.74, 6) is -0.256. The van der Waals surface area contributed by atoms with Gasteiger partial charge in [0.1, 0.15) is 3.70 Å². The number of aromatic nitrogens is 2. The third kappa shape index (κ3) is 0.841. The van der Waals surface area contributed by atoms with E-state index >= 15 is 0 Å². The number of rotatable bonds is 0. The van der Waals surface area contributed by atoms with Gasteiger partial charge in [-0.15, -0.1) is 0 Å². The summed E-state index contributed by atoms with van der Waals surface area (Å²) in [6, 6.07) is 0. The molecule has 0 aliphatic rings. The van der Waals surface area contributed by atoms with Gasteiger partial charge in [0.2, 0.25) is 0 Å². The average molecular weight is 226 g/mol. The quantitative estimate of drug-likeness (QED) is 0.607. The van der Waals surface area contributed by atoms with E-state index in [1.165, 1.54) is 10.9 Å². The minimum absolute atomic E-state index is 0.256. The van der Waals surface area contributed by atoms with Gasteiger partial charge in [-0.05, 0) is 22.6 Å². The lowest BCUT2D eigenvalue weighted by molar-refractivity contribution is 0.613. The standard InChI is InChI=1S/C4H4FIN2/c1-8-4(6)3(5)2-7-8/h2H,1H3. The van der Waals surface area contributed by atoms with Gasteiger partial charge in [0, 0.05) is 7.05 Å². The Balaban J connectivity index is 3.19. The Morgan fingerprint density at radius 1 is 1.88 bits per heavy atom. The minimum Gasteiger partial charge on any atom is -0.259 e. The van der Waals surface area contributed by atoms with Crippen LogP contribution in [0.2, 0.25) is 0 Å². The van der Waals surface area contributed by atoms with Crippen molar-refractivity contribution in [3.05, 3.63) is 15.7 Å². The van der Waals surface area contributed by atoms with Crippen LogP contribution >= 0.6 is 22.6 Å². The van der Waals surface area contributed by atoms with Gasteiger partial charge in [0.25, 0.3) is 0 Å². The van der Waals surface area contributed by atoms with E-state index in [9.17, 15) is 4.39 Å². The van der Waals surface area contributed by atoms with Crippen molar-refractivity contribution in [3.8, 4) is 0 Å². The van der Waals surface area contributed by atoms with E-state index < -0.39 is 0 Å². The molecule has 4 heteroatoms. The normalized spacial score (nSPS) is 9.88. The number of halogens is 2. The molecule has 44 valence electrons. The van der Waals surface area contributed by atoms with Gasteiger partial charge < -0.3 is 0 Å². The molecule has 0 aromatic carbocycles. The smallest absolute Gasteiger partial charge is 0.174 e. The maximum atomic E-state index is 12.2. The number of hydrogen-bond acceptors (Lipinski definition) is 1. The molecule has 8 heavy (non-hydrogen) atoms. The summed E-state index contributed by atoms with van der Waals surface area (Å²) < 4.78 is 14.3. The maximum Gasteiger partial charge on any atom is 0.174 e. The first kappa shape index (κ1) is 6.00. The summed E-state index contributed by atoms with van der Waals surface area (Å²) in [4.78, 5) is 0. The lowest BCUT2D eigenvalue weighted by Crippen LogP contribution is -1.91. The van der Waals surface area contributed by atoms with Crippen molar-refractivity contribution in [2.45, 2.75) is 0 Å². The fraction of sp³-hybridized carbons (Fsp3) is 0.250. The zero-order valence-electron chi connectivity index (χ0n) is 4.23. The van der Waals surface area contributed by atoms with Crippen LogP contribution in [-0.2, 0) is 7.05 Å². The minimum atomic E-state index is -0.256. The van der Waals surface area contributed by atoms with E-state index in [0.717, 1.165) is 0 Å². The maximum absolute atomic E-state index is 12.2. The summed E-state index contributed by atoms with van der Waals surface area (Å²) in [5, 5.41) is 3.65. The van der Waals surface area contributed by atoms with Crippen molar-refractivity contribution >= 4 is 22.6 Å². The molecule has 0 atom stereocenters. The second kappa shape index (κ2) is 2.00. The molecule has 0 saturated heterocycles. The zero-order valence-corrected chi connectivity index (χ0v) is 6.39. The van der Waals surface area contributed by atoms with E-state index in [-0.39, 0.29) is 5.82 Å². The van der Waals surface area contributed by atoms with Crippen LogP contribution in [0.4, 0.5) is 4.39 Å². The van der Waals surface area contributed by atoms with Crippen molar-refractivity contribution in [2.24, 2.45) is 7.05 Å². The highest BCUT2D eigenvalue weighted by Gasteiger charge is 2.00. The Hall–Kier alpha value is -0.130. The van der Waals surface area contributed by atoms with Crippen LogP contribution in [0, 0.1) is 9.52 Å². The zero-order chi connectivity index (χ0) is 6.15. The molecule has 1 heterocycles. The molecule has 1 rings (SSSR count). The van der Waals surface area contributed by atoms with E-state index in [4.69, 9.17) is 0 Å². The molecule has 0 bridgehead atoms. The van der Waals surface area contributed by atoms with Gasteiger partial charge in [-0.25, -0.2) is 4.39 Å². The molecule has 0 spiro atoms. The van der Waals surface area contributed by atoms with Crippen LogP contribution in [0.3, 0.4) is 0 Å². The van der Waals surface area contributed by atoms with E-state index in [1.807, 2.05) is 22.6 Å². The fourth-order valence-electron chi connectivity index (χ4n) is 0.396. The highest BCUT2D eigenvalue weighted by molar-refractivity contribution is 14.1. The monoisotopic (exact) mass is 226 g/mol. The Kier molecular flexibility index (Phi) is 1.50. The number of aryl methyl sites for hydroxylation is 1. The highest BCUT2D eigenvalue weighted by Crippen LogP contribution is 2.06. The van der Waals surface area contributed by atoms with E-state index in [0.29, 0.717) is 3.70 Å². The van der Waals surface area contributed by atoms with Crippen molar-refractivity contribution < 1.29 is 4.39 Å². The Morgan fingerprint density at radius 3 is 2.62 bits per heavy atom. The van der Waals surface area contributed by atoms with E-state index in [1.54, 1.807) is 7.05 Å². The molecule has 0 radical (unpaired) electrons. The van der Waals surface area contributed by atoms with Crippen molar-refractivity contribution in [1.29, 1.82) is 0 Å². The molecule has 2 nitrogen and oxygen atoms in total. The van der Waals surface area contributed by atoms with Crippen LogP contribution in [0.5, 0.6) is 0 Å². The van der Waals surface area contributed by atoms with Crippen LogP contribution in [0.1, 0.15) is 0 Å². The first-order valence-electron chi connectivity index (χ1n) is 2.05. The molecule has 0 aliphatic carbocycles. The first-order chi connectivity index (χ1) is 3.72. The number of hydrogen-bond donors (Lipinski definition) is 0. The summed E-state index contributed by atoms with van der Waals surface area (Å²) in [6.07, 6.45) is 1.20. The molecule has 0 N–H and O–H groups in total. The molecule has 0 fully saturated rings. The Morgan fingerprint density at radius 2 is 2.50 bits per heavy atom. The van der Waals surface area contributed by atoms with Crippen LogP contribution in [0.25, 0.3) is 0 Å². The molecule has 0 aliphatic heterocycles. The highest BCUT2D eigenvalue weighted by atomic mass is 127. The fourth-order valence-corrected chi connectivity index (χ4v) is 0.660. The van der Waals surface area contributed by atoms with Crippen LogP contribution < -0.4 is 0 Å². The lowest BCUT2D eigenvalue weighted by Gasteiger charge is -1.86. The summed E-state index contributed by atoms with van der Waals surface area (Å²) >= 11 is 1.89. The topological polar surface area (TPSA) is 17.8 Å². The van der Waals surface area contributed by atoms with Gasteiger partial charge in [0.05, 0.1) is 6.20 Å². The average Bonchev–Trinajstić information content (AvgIpc) is 1.98. The first-order valence-corrected chi connectivity index (χ1v) is 3.12. The predicted molar refractivity (Wildman–Crippen MR) is 35.9 cm³/mol. The van der Waals surface area contributed by atoms with Gasteiger partial charge in [-0.2, -0.15) is 5.10 Å². The lowest BCUT2D eigenvalue weighted by atomic mass is 10.7. The third-order valence-electron chi connectivity index (χ3n) is 0.825. The number of nitrogens with zero attached hydrogens (tertiary/aromatic N) is 2. The Bertz CT molecular complexity index is 176. The van der Waals surface area contributed by atoms with Crippen molar-refractivity contribution in [3.63, 3.8) is 0 Å². The van der Waals surface area contributed by atoms with Gasteiger partial charge in [-0.1, -0.05) is 0 Å². The van der Waals surface area contributed by atoms with Gasteiger partial charge in [-0.3, -0.25) is 4.68 Å². The molecule has 1 aromatic heterocycles.